The Balaban J connectivity index is 2.07. The molecule has 6 nitrogen and oxygen atoms in total. The summed E-state index contributed by atoms with van der Waals surface area (Å²) in [4.78, 5) is 3.85. The van der Waals surface area contributed by atoms with E-state index in [1.807, 2.05) is 0 Å². The number of unbranched alkanes of at least 4 members (excludes halogenated alkanes) is 3. The largest absolute Gasteiger partial charge is 0.478 e. The SMILES string of the molecule is CCCCOC[C@H]1OC(O)(c2ccc(OCCCC)nc2F)C[C@H]1OCCCC. The van der Waals surface area contributed by atoms with Crippen LogP contribution in [0.2, 0.25) is 0 Å². The van der Waals surface area contributed by atoms with Crippen LogP contribution >= 0.6 is 0 Å². The fourth-order valence-corrected chi connectivity index (χ4v) is 3.20. The topological polar surface area (TPSA) is 70.0 Å². The van der Waals surface area contributed by atoms with E-state index in [2.05, 4.69) is 25.8 Å². The summed E-state index contributed by atoms with van der Waals surface area (Å²) in [6.07, 6.45) is 5.07. The minimum Gasteiger partial charge on any atom is -0.478 e. The molecule has 2 heterocycles. The summed E-state index contributed by atoms with van der Waals surface area (Å²) >= 11 is 0. The smallest absolute Gasteiger partial charge is 0.224 e. The van der Waals surface area contributed by atoms with E-state index in [4.69, 9.17) is 18.9 Å². The summed E-state index contributed by atoms with van der Waals surface area (Å²) in [6, 6.07) is 3.04. The lowest BCUT2D eigenvalue weighted by molar-refractivity contribution is -0.211. The minimum absolute atomic E-state index is 0.000455. The van der Waals surface area contributed by atoms with E-state index < -0.39 is 17.8 Å². The molecule has 1 unspecified atom stereocenters. The number of pyridine rings is 1. The van der Waals surface area contributed by atoms with Gasteiger partial charge in [0.25, 0.3) is 0 Å². The number of halogens is 1. The molecule has 2 rings (SSSR count). The minimum atomic E-state index is -1.80. The molecular formula is C22H36FNO5. The maximum absolute atomic E-state index is 14.7. The molecule has 7 heteroatoms. The summed E-state index contributed by atoms with van der Waals surface area (Å²) in [7, 11) is 0. The number of hydrogen-bond acceptors (Lipinski definition) is 6. The van der Waals surface area contributed by atoms with Crippen molar-refractivity contribution < 1.29 is 28.4 Å². The van der Waals surface area contributed by atoms with Gasteiger partial charge in [-0.3, -0.25) is 0 Å². The van der Waals surface area contributed by atoms with Crippen LogP contribution in [0.25, 0.3) is 0 Å². The van der Waals surface area contributed by atoms with Gasteiger partial charge in [0, 0.05) is 25.7 Å². The van der Waals surface area contributed by atoms with Crippen molar-refractivity contribution in [2.24, 2.45) is 0 Å². The Labute approximate surface area is 173 Å². The average molecular weight is 414 g/mol. The first-order chi connectivity index (χ1) is 14.0. The number of aromatic nitrogens is 1. The van der Waals surface area contributed by atoms with Crippen LogP contribution in [0.5, 0.6) is 5.88 Å². The van der Waals surface area contributed by atoms with Crippen molar-refractivity contribution in [2.45, 2.75) is 83.7 Å². The molecule has 1 saturated heterocycles. The molecule has 1 aromatic heterocycles. The van der Waals surface area contributed by atoms with Crippen molar-refractivity contribution >= 4 is 0 Å². The van der Waals surface area contributed by atoms with Crippen molar-refractivity contribution in [1.29, 1.82) is 0 Å². The predicted octanol–water partition coefficient (Wildman–Crippen LogP) is 4.34. The van der Waals surface area contributed by atoms with Crippen molar-refractivity contribution in [2.75, 3.05) is 26.4 Å². The van der Waals surface area contributed by atoms with Crippen LogP contribution in [0.1, 0.15) is 71.3 Å². The van der Waals surface area contributed by atoms with Gasteiger partial charge in [-0.1, -0.05) is 40.0 Å². The zero-order valence-corrected chi connectivity index (χ0v) is 18.0. The van der Waals surface area contributed by atoms with E-state index >= 15 is 0 Å². The number of aliphatic hydroxyl groups is 1. The maximum Gasteiger partial charge on any atom is 0.224 e. The molecule has 0 aliphatic carbocycles. The predicted molar refractivity (Wildman–Crippen MR) is 108 cm³/mol. The van der Waals surface area contributed by atoms with Crippen LogP contribution in [0, 0.1) is 5.95 Å². The molecule has 0 bridgehead atoms. The average Bonchev–Trinajstić information content (AvgIpc) is 3.02. The monoisotopic (exact) mass is 413 g/mol. The van der Waals surface area contributed by atoms with Crippen LogP contribution in [0.15, 0.2) is 12.1 Å². The Morgan fingerprint density at radius 3 is 2.48 bits per heavy atom. The normalized spacial score (nSPS) is 24.2. The van der Waals surface area contributed by atoms with Crippen molar-refractivity contribution in [1.82, 2.24) is 4.98 Å². The molecule has 0 spiro atoms. The van der Waals surface area contributed by atoms with E-state index in [0.29, 0.717) is 26.4 Å². The zero-order chi connectivity index (χ0) is 21.1. The van der Waals surface area contributed by atoms with Crippen molar-refractivity contribution in [3.05, 3.63) is 23.6 Å². The fourth-order valence-electron chi connectivity index (χ4n) is 3.20. The second-order valence-electron chi connectivity index (χ2n) is 7.53. The van der Waals surface area contributed by atoms with Gasteiger partial charge in [-0.15, -0.1) is 0 Å². The lowest BCUT2D eigenvalue weighted by Gasteiger charge is -2.23. The number of nitrogens with zero attached hydrogens (tertiary/aromatic N) is 1. The molecular weight excluding hydrogens is 377 g/mol. The Kier molecular flexibility index (Phi) is 10.3. The Morgan fingerprint density at radius 2 is 1.79 bits per heavy atom. The second-order valence-corrected chi connectivity index (χ2v) is 7.53. The van der Waals surface area contributed by atoms with Gasteiger partial charge in [0.05, 0.1) is 24.9 Å². The van der Waals surface area contributed by atoms with E-state index in [1.165, 1.54) is 6.07 Å². The van der Waals surface area contributed by atoms with E-state index in [-0.39, 0.29) is 24.0 Å². The standard InChI is InChI=1S/C22H36FNO5/c1-4-7-12-26-16-19-18(27-13-8-5-2)15-22(25,29-19)17-10-11-20(24-21(17)23)28-14-9-6-3/h10-11,18-19,25H,4-9,12-16H2,1-3H3/t18-,19-,22?/m1/s1. The highest BCUT2D eigenvalue weighted by atomic mass is 19.1. The molecule has 1 aliphatic heterocycles. The van der Waals surface area contributed by atoms with Crippen LogP contribution in [-0.2, 0) is 20.0 Å². The lowest BCUT2D eigenvalue weighted by atomic mass is 10.0. The third kappa shape index (κ3) is 7.17. The van der Waals surface area contributed by atoms with Gasteiger partial charge in [-0.05, 0) is 25.3 Å². The quantitative estimate of drug-likeness (QED) is 0.361. The highest BCUT2D eigenvalue weighted by Gasteiger charge is 2.49. The molecule has 0 amide bonds. The molecule has 0 radical (unpaired) electrons. The fraction of sp³-hybridized carbons (Fsp3) is 0.773. The molecule has 1 aromatic rings. The molecule has 1 N–H and O–H groups in total. The van der Waals surface area contributed by atoms with Crippen LogP contribution in [-0.4, -0.2) is 48.7 Å². The molecule has 166 valence electrons. The highest BCUT2D eigenvalue weighted by molar-refractivity contribution is 5.24. The first-order valence-electron chi connectivity index (χ1n) is 10.9. The molecule has 3 atom stereocenters. The Hall–Kier alpha value is -1.28. The van der Waals surface area contributed by atoms with Gasteiger partial charge in [0.1, 0.15) is 6.10 Å². The first kappa shape index (κ1) is 24.0. The second kappa shape index (κ2) is 12.4. The van der Waals surface area contributed by atoms with Crippen molar-refractivity contribution in [3.63, 3.8) is 0 Å². The van der Waals surface area contributed by atoms with E-state index in [9.17, 15) is 9.50 Å². The number of ether oxygens (including phenoxy) is 4. The zero-order valence-electron chi connectivity index (χ0n) is 18.0. The number of rotatable bonds is 14. The van der Waals surface area contributed by atoms with Gasteiger partial charge in [-0.25, -0.2) is 0 Å². The molecule has 0 saturated carbocycles. The van der Waals surface area contributed by atoms with Crippen LogP contribution in [0.3, 0.4) is 0 Å². The van der Waals surface area contributed by atoms with Crippen LogP contribution in [0.4, 0.5) is 4.39 Å². The summed E-state index contributed by atoms with van der Waals surface area (Å²) < 4.78 is 37.6. The summed E-state index contributed by atoms with van der Waals surface area (Å²) in [5.74, 6) is -2.38. The van der Waals surface area contributed by atoms with Crippen molar-refractivity contribution in [3.8, 4) is 5.88 Å². The van der Waals surface area contributed by atoms with Gasteiger partial charge in [-0.2, -0.15) is 9.37 Å². The van der Waals surface area contributed by atoms with E-state index in [0.717, 1.165) is 38.5 Å². The highest BCUT2D eigenvalue weighted by Crippen LogP contribution is 2.40. The molecule has 1 fully saturated rings. The Bertz CT molecular complexity index is 603. The summed E-state index contributed by atoms with van der Waals surface area (Å²) in [6.45, 7) is 8.19. The van der Waals surface area contributed by atoms with Gasteiger partial charge >= 0.3 is 0 Å². The molecule has 29 heavy (non-hydrogen) atoms. The summed E-state index contributed by atoms with van der Waals surface area (Å²) in [5.41, 5.74) is 0.000455. The van der Waals surface area contributed by atoms with Gasteiger partial charge in [0.2, 0.25) is 11.8 Å². The van der Waals surface area contributed by atoms with Crippen LogP contribution < -0.4 is 4.74 Å². The third-order valence-electron chi connectivity index (χ3n) is 4.98. The first-order valence-corrected chi connectivity index (χ1v) is 10.9. The lowest BCUT2D eigenvalue weighted by Crippen LogP contribution is -2.30. The molecule has 1 aliphatic rings. The Morgan fingerprint density at radius 1 is 1.10 bits per heavy atom. The van der Waals surface area contributed by atoms with Gasteiger partial charge in [0.15, 0.2) is 5.79 Å². The third-order valence-corrected chi connectivity index (χ3v) is 4.98. The van der Waals surface area contributed by atoms with E-state index in [1.54, 1.807) is 6.07 Å². The van der Waals surface area contributed by atoms with Gasteiger partial charge < -0.3 is 24.1 Å². The molecule has 0 aromatic carbocycles. The number of hydrogen-bond donors (Lipinski definition) is 1. The summed E-state index contributed by atoms with van der Waals surface area (Å²) in [5, 5.41) is 11.1. The maximum atomic E-state index is 14.7.